The molecular formula is C11H20O4. The van der Waals surface area contributed by atoms with Crippen LogP contribution in [-0.4, -0.2) is 30.6 Å². The highest BCUT2D eigenvalue weighted by Gasteiger charge is 2.01. The van der Waals surface area contributed by atoms with Crippen LogP contribution in [0.2, 0.25) is 0 Å². The number of ether oxygens (including phenoxy) is 1. The van der Waals surface area contributed by atoms with Crippen molar-refractivity contribution in [3.8, 4) is 0 Å². The molecule has 4 heteroatoms. The first-order valence-corrected chi connectivity index (χ1v) is 5.51. The molecule has 0 aromatic carbocycles. The van der Waals surface area contributed by atoms with E-state index in [1.165, 1.54) is 0 Å². The molecule has 0 aliphatic rings. The van der Waals surface area contributed by atoms with Crippen LogP contribution in [0.4, 0.5) is 0 Å². The zero-order valence-electron chi connectivity index (χ0n) is 9.11. The summed E-state index contributed by atoms with van der Waals surface area (Å²) in [6, 6.07) is 0. The van der Waals surface area contributed by atoms with Gasteiger partial charge in [-0.25, -0.2) is 0 Å². The van der Waals surface area contributed by atoms with Gasteiger partial charge in [-0.1, -0.05) is 0 Å². The fraction of sp³-hybridized carbons (Fsp3) is 0.818. The Morgan fingerprint density at radius 3 is 2.60 bits per heavy atom. The summed E-state index contributed by atoms with van der Waals surface area (Å²) in [6.45, 7) is 0.631. The van der Waals surface area contributed by atoms with Crippen molar-refractivity contribution in [2.24, 2.45) is 0 Å². The molecule has 0 saturated heterocycles. The lowest BCUT2D eigenvalue weighted by atomic mass is 10.2. The van der Waals surface area contributed by atoms with Crippen molar-refractivity contribution in [3.63, 3.8) is 0 Å². The minimum absolute atomic E-state index is 0.190. The van der Waals surface area contributed by atoms with Crippen LogP contribution < -0.4 is 0 Å². The van der Waals surface area contributed by atoms with Crippen molar-refractivity contribution in [1.82, 2.24) is 0 Å². The van der Waals surface area contributed by atoms with Gasteiger partial charge in [-0.3, -0.25) is 4.79 Å². The van der Waals surface area contributed by atoms with Gasteiger partial charge in [-0.2, -0.15) is 0 Å². The van der Waals surface area contributed by atoms with E-state index in [1.807, 2.05) is 0 Å². The molecule has 0 aliphatic carbocycles. The average molecular weight is 216 g/mol. The summed E-state index contributed by atoms with van der Waals surface area (Å²) >= 11 is 0. The Morgan fingerprint density at radius 1 is 1.13 bits per heavy atom. The second-order valence-corrected chi connectivity index (χ2v) is 3.42. The summed E-state index contributed by atoms with van der Waals surface area (Å²) in [5, 5.41) is 8.51. The number of hydrogen-bond acceptors (Lipinski definition) is 4. The molecule has 0 heterocycles. The third-order valence-electron chi connectivity index (χ3n) is 2.02. The standard InChI is InChI=1S/C11H20O4/c12-8-4-1-3-7-11(14)15-10-6-2-5-9-13/h8,13H,1-7,9-10H2. The Morgan fingerprint density at radius 2 is 1.93 bits per heavy atom. The van der Waals surface area contributed by atoms with Crippen LogP contribution in [0, 0.1) is 0 Å². The van der Waals surface area contributed by atoms with Crippen molar-refractivity contribution in [2.75, 3.05) is 13.2 Å². The van der Waals surface area contributed by atoms with Crippen molar-refractivity contribution in [3.05, 3.63) is 0 Å². The van der Waals surface area contributed by atoms with Gasteiger partial charge in [-0.15, -0.1) is 0 Å². The van der Waals surface area contributed by atoms with Crippen molar-refractivity contribution in [2.45, 2.75) is 44.9 Å². The van der Waals surface area contributed by atoms with Crippen LogP contribution in [-0.2, 0) is 14.3 Å². The highest BCUT2D eigenvalue weighted by Crippen LogP contribution is 2.01. The minimum Gasteiger partial charge on any atom is -0.466 e. The molecule has 0 spiro atoms. The van der Waals surface area contributed by atoms with E-state index in [1.54, 1.807) is 0 Å². The maximum atomic E-state index is 11.1. The number of rotatable bonds is 10. The van der Waals surface area contributed by atoms with Gasteiger partial charge in [0.15, 0.2) is 0 Å². The summed E-state index contributed by atoms with van der Waals surface area (Å²) in [4.78, 5) is 21.1. The first kappa shape index (κ1) is 14.1. The maximum Gasteiger partial charge on any atom is 0.305 e. The quantitative estimate of drug-likeness (QED) is 0.341. The monoisotopic (exact) mass is 216 g/mol. The van der Waals surface area contributed by atoms with Crippen LogP contribution >= 0.6 is 0 Å². The number of aliphatic hydroxyl groups excluding tert-OH is 1. The molecule has 0 aromatic rings. The Labute approximate surface area is 90.6 Å². The highest BCUT2D eigenvalue weighted by atomic mass is 16.5. The van der Waals surface area contributed by atoms with E-state index in [4.69, 9.17) is 9.84 Å². The second kappa shape index (κ2) is 11.2. The Bertz CT molecular complexity index is 168. The van der Waals surface area contributed by atoms with Crippen LogP contribution in [0.15, 0.2) is 0 Å². The molecule has 0 rings (SSSR count). The highest BCUT2D eigenvalue weighted by molar-refractivity contribution is 5.69. The van der Waals surface area contributed by atoms with Crippen molar-refractivity contribution >= 4 is 12.3 Å². The Hall–Kier alpha value is -0.900. The van der Waals surface area contributed by atoms with Gasteiger partial charge in [0.2, 0.25) is 0 Å². The van der Waals surface area contributed by atoms with Gasteiger partial charge in [-0.05, 0) is 32.1 Å². The van der Waals surface area contributed by atoms with E-state index >= 15 is 0 Å². The molecule has 1 N–H and O–H groups in total. The molecular weight excluding hydrogens is 196 g/mol. The fourth-order valence-electron chi connectivity index (χ4n) is 1.15. The largest absolute Gasteiger partial charge is 0.466 e. The third kappa shape index (κ3) is 11.0. The smallest absolute Gasteiger partial charge is 0.305 e. The van der Waals surface area contributed by atoms with Gasteiger partial charge in [0.25, 0.3) is 0 Å². The van der Waals surface area contributed by atoms with E-state index in [0.29, 0.717) is 25.9 Å². The van der Waals surface area contributed by atoms with Crippen molar-refractivity contribution < 1.29 is 19.4 Å². The third-order valence-corrected chi connectivity index (χ3v) is 2.02. The van der Waals surface area contributed by atoms with E-state index in [0.717, 1.165) is 32.0 Å². The van der Waals surface area contributed by atoms with E-state index < -0.39 is 0 Å². The number of hydrogen-bond donors (Lipinski definition) is 1. The van der Waals surface area contributed by atoms with Crippen molar-refractivity contribution in [1.29, 1.82) is 0 Å². The number of aldehydes is 1. The van der Waals surface area contributed by atoms with Crippen LogP contribution in [0.1, 0.15) is 44.9 Å². The molecule has 0 radical (unpaired) electrons. The number of carbonyl (C=O) groups excluding carboxylic acids is 2. The molecule has 0 aromatic heterocycles. The molecule has 0 unspecified atom stereocenters. The zero-order chi connectivity index (χ0) is 11.4. The molecule has 0 saturated carbocycles. The normalized spacial score (nSPS) is 9.93. The molecule has 0 amide bonds. The molecule has 0 atom stereocenters. The van der Waals surface area contributed by atoms with Crippen LogP contribution in [0.25, 0.3) is 0 Å². The van der Waals surface area contributed by atoms with Gasteiger partial charge in [0.1, 0.15) is 6.29 Å². The molecule has 0 bridgehead atoms. The van der Waals surface area contributed by atoms with Crippen LogP contribution in [0.5, 0.6) is 0 Å². The zero-order valence-corrected chi connectivity index (χ0v) is 9.11. The topological polar surface area (TPSA) is 63.6 Å². The van der Waals surface area contributed by atoms with Gasteiger partial charge in [0.05, 0.1) is 6.61 Å². The van der Waals surface area contributed by atoms with Crippen LogP contribution in [0.3, 0.4) is 0 Å². The molecule has 0 fully saturated rings. The lowest BCUT2D eigenvalue weighted by molar-refractivity contribution is -0.144. The summed E-state index contributed by atoms with van der Waals surface area (Å²) in [5.74, 6) is -0.190. The first-order valence-electron chi connectivity index (χ1n) is 5.51. The molecule has 15 heavy (non-hydrogen) atoms. The lowest BCUT2D eigenvalue weighted by Crippen LogP contribution is -2.05. The lowest BCUT2D eigenvalue weighted by Gasteiger charge is -2.03. The average Bonchev–Trinajstić information content (AvgIpc) is 2.24. The number of unbranched alkanes of at least 4 members (excludes halogenated alkanes) is 4. The fourth-order valence-corrected chi connectivity index (χ4v) is 1.15. The summed E-state index contributed by atoms with van der Waals surface area (Å²) in [7, 11) is 0. The molecule has 88 valence electrons. The predicted octanol–water partition coefficient (Wildman–Crippen LogP) is 1.45. The maximum absolute atomic E-state index is 11.1. The second-order valence-electron chi connectivity index (χ2n) is 3.42. The summed E-state index contributed by atoms with van der Waals surface area (Å²) in [5.41, 5.74) is 0. The number of carbonyl (C=O) groups is 2. The molecule has 4 nitrogen and oxygen atoms in total. The van der Waals surface area contributed by atoms with Gasteiger partial charge < -0.3 is 14.6 Å². The molecule has 0 aliphatic heterocycles. The Balaban J connectivity index is 3.15. The predicted molar refractivity (Wildman–Crippen MR) is 56.4 cm³/mol. The first-order chi connectivity index (χ1) is 7.31. The van der Waals surface area contributed by atoms with E-state index in [9.17, 15) is 9.59 Å². The summed E-state index contributed by atoms with van der Waals surface area (Å²) in [6.07, 6.45) is 5.70. The number of aliphatic hydroxyl groups is 1. The minimum atomic E-state index is -0.190. The summed E-state index contributed by atoms with van der Waals surface area (Å²) < 4.78 is 4.96. The SMILES string of the molecule is O=CCCCCC(=O)OCCCCCO. The van der Waals surface area contributed by atoms with E-state index in [2.05, 4.69) is 0 Å². The van der Waals surface area contributed by atoms with Gasteiger partial charge >= 0.3 is 5.97 Å². The Kier molecular flexibility index (Phi) is 10.5. The van der Waals surface area contributed by atoms with Gasteiger partial charge in [0, 0.05) is 19.4 Å². The van der Waals surface area contributed by atoms with E-state index in [-0.39, 0.29) is 12.6 Å². The number of esters is 1.